The molecule has 3 N–H and O–H groups in total. The van der Waals surface area contributed by atoms with Crippen molar-refractivity contribution in [2.75, 3.05) is 12.0 Å². The number of amides is 2. The molecule has 6 heteroatoms. The molecule has 0 aliphatic rings. The van der Waals surface area contributed by atoms with Crippen molar-refractivity contribution in [1.29, 1.82) is 0 Å². The highest BCUT2D eigenvalue weighted by atomic mass is 32.2. The minimum atomic E-state index is -1.04. The summed E-state index contributed by atoms with van der Waals surface area (Å²) in [5.41, 5.74) is 0. The third-order valence-electron chi connectivity index (χ3n) is 1.91. The van der Waals surface area contributed by atoms with Gasteiger partial charge in [-0.05, 0) is 19.6 Å². The van der Waals surface area contributed by atoms with E-state index in [4.69, 9.17) is 5.11 Å². The van der Waals surface area contributed by atoms with Crippen molar-refractivity contribution in [2.45, 2.75) is 32.4 Å². The van der Waals surface area contributed by atoms with Gasteiger partial charge in [0, 0.05) is 11.8 Å². The molecule has 0 spiro atoms. The van der Waals surface area contributed by atoms with Gasteiger partial charge in [0.15, 0.2) is 0 Å². The summed E-state index contributed by atoms with van der Waals surface area (Å²) >= 11 is 1.64. The molecule has 5 nitrogen and oxygen atoms in total. The van der Waals surface area contributed by atoms with Gasteiger partial charge in [0.2, 0.25) is 0 Å². The van der Waals surface area contributed by atoms with E-state index in [-0.39, 0.29) is 6.04 Å². The number of carbonyl (C=O) groups is 2. The Morgan fingerprint density at radius 1 is 1.40 bits per heavy atom. The van der Waals surface area contributed by atoms with Gasteiger partial charge in [0.25, 0.3) is 0 Å². The zero-order chi connectivity index (χ0) is 11.8. The van der Waals surface area contributed by atoms with E-state index in [1.54, 1.807) is 11.8 Å². The van der Waals surface area contributed by atoms with Crippen molar-refractivity contribution in [3.8, 4) is 0 Å². The SMILES string of the molecule is CCC(CSC)NC(=O)NC(C)C(=O)O. The number of rotatable bonds is 6. The van der Waals surface area contributed by atoms with E-state index >= 15 is 0 Å². The molecule has 0 heterocycles. The molecule has 0 aromatic carbocycles. The monoisotopic (exact) mass is 234 g/mol. The Balaban J connectivity index is 3.95. The molecule has 2 atom stereocenters. The van der Waals surface area contributed by atoms with Crippen LogP contribution in [0.1, 0.15) is 20.3 Å². The summed E-state index contributed by atoms with van der Waals surface area (Å²) in [7, 11) is 0. The van der Waals surface area contributed by atoms with Gasteiger partial charge in [-0.15, -0.1) is 0 Å². The van der Waals surface area contributed by atoms with Gasteiger partial charge in [0.05, 0.1) is 0 Å². The number of hydrogen-bond acceptors (Lipinski definition) is 3. The van der Waals surface area contributed by atoms with Crippen LogP contribution in [-0.4, -0.2) is 41.2 Å². The number of carboxylic acid groups (broad SMARTS) is 1. The lowest BCUT2D eigenvalue weighted by Crippen LogP contribution is -2.48. The highest BCUT2D eigenvalue weighted by Gasteiger charge is 2.15. The summed E-state index contributed by atoms with van der Waals surface area (Å²) in [6.45, 7) is 3.40. The first-order valence-corrected chi connectivity index (χ1v) is 6.19. The predicted octanol–water partition coefficient (Wildman–Crippen LogP) is 0.900. The maximum Gasteiger partial charge on any atom is 0.325 e. The van der Waals surface area contributed by atoms with Crippen LogP contribution in [0.15, 0.2) is 0 Å². The molecule has 0 aromatic rings. The molecule has 0 aromatic heterocycles. The highest BCUT2D eigenvalue weighted by molar-refractivity contribution is 7.98. The average molecular weight is 234 g/mol. The number of carboxylic acids is 1. The lowest BCUT2D eigenvalue weighted by atomic mass is 10.2. The predicted molar refractivity (Wildman–Crippen MR) is 61.2 cm³/mol. The number of nitrogens with one attached hydrogen (secondary N) is 2. The fourth-order valence-corrected chi connectivity index (χ4v) is 1.67. The normalized spacial score (nSPS) is 14.1. The third-order valence-corrected chi connectivity index (χ3v) is 2.65. The van der Waals surface area contributed by atoms with Crippen LogP contribution in [0.5, 0.6) is 0 Å². The molecular weight excluding hydrogens is 216 g/mol. The van der Waals surface area contributed by atoms with Crippen LogP contribution in [0, 0.1) is 0 Å². The maximum absolute atomic E-state index is 11.3. The lowest BCUT2D eigenvalue weighted by Gasteiger charge is -2.17. The Morgan fingerprint density at radius 3 is 2.40 bits per heavy atom. The molecule has 2 amide bonds. The van der Waals surface area contributed by atoms with Crippen molar-refractivity contribution in [3.63, 3.8) is 0 Å². The van der Waals surface area contributed by atoms with Crippen molar-refractivity contribution in [2.24, 2.45) is 0 Å². The molecule has 88 valence electrons. The summed E-state index contributed by atoms with van der Waals surface area (Å²) in [6.07, 6.45) is 2.79. The van der Waals surface area contributed by atoms with Crippen LogP contribution in [0.4, 0.5) is 4.79 Å². The lowest BCUT2D eigenvalue weighted by molar-refractivity contribution is -0.138. The molecule has 0 radical (unpaired) electrons. The van der Waals surface area contributed by atoms with Crippen molar-refractivity contribution in [3.05, 3.63) is 0 Å². The number of urea groups is 1. The van der Waals surface area contributed by atoms with Crippen LogP contribution in [-0.2, 0) is 4.79 Å². The largest absolute Gasteiger partial charge is 0.480 e. The van der Waals surface area contributed by atoms with Gasteiger partial charge in [-0.3, -0.25) is 4.79 Å². The van der Waals surface area contributed by atoms with Crippen LogP contribution in [0.3, 0.4) is 0 Å². The van der Waals surface area contributed by atoms with Gasteiger partial charge in [-0.2, -0.15) is 11.8 Å². The second-order valence-corrected chi connectivity index (χ2v) is 4.15. The smallest absolute Gasteiger partial charge is 0.325 e. The van der Waals surface area contributed by atoms with Crippen molar-refractivity contribution >= 4 is 23.8 Å². The van der Waals surface area contributed by atoms with Crippen LogP contribution >= 0.6 is 11.8 Å². The van der Waals surface area contributed by atoms with Crippen molar-refractivity contribution < 1.29 is 14.7 Å². The Bertz CT molecular complexity index is 223. The van der Waals surface area contributed by atoms with E-state index in [2.05, 4.69) is 10.6 Å². The molecule has 0 saturated carbocycles. The third kappa shape index (κ3) is 6.22. The molecule has 0 saturated heterocycles. The zero-order valence-corrected chi connectivity index (χ0v) is 10.1. The molecule has 0 aliphatic carbocycles. The van der Waals surface area contributed by atoms with Crippen LogP contribution < -0.4 is 10.6 Å². The van der Waals surface area contributed by atoms with E-state index in [0.29, 0.717) is 0 Å². The molecule has 0 rings (SSSR count). The molecular formula is C9H18N2O3S. The quantitative estimate of drug-likeness (QED) is 0.638. The molecule has 2 unspecified atom stereocenters. The second kappa shape index (κ2) is 7.39. The van der Waals surface area contributed by atoms with Gasteiger partial charge in [-0.1, -0.05) is 6.92 Å². The topological polar surface area (TPSA) is 78.4 Å². The van der Waals surface area contributed by atoms with E-state index < -0.39 is 18.0 Å². The summed E-state index contributed by atoms with van der Waals surface area (Å²) in [5, 5.41) is 13.6. The number of carbonyl (C=O) groups excluding carboxylic acids is 1. The summed E-state index contributed by atoms with van der Waals surface area (Å²) < 4.78 is 0. The first-order chi connectivity index (χ1) is 7.01. The minimum absolute atomic E-state index is 0.0843. The standard InChI is InChI=1S/C9H18N2O3S/c1-4-7(5-15-3)11-9(14)10-6(2)8(12)13/h6-7H,4-5H2,1-3H3,(H,12,13)(H2,10,11,14). The fraction of sp³-hybridized carbons (Fsp3) is 0.778. The van der Waals surface area contributed by atoms with Crippen LogP contribution in [0.2, 0.25) is 0 Å². The molecule has 15 heavy (non-hydrogen) atoms. The molecule has 0 bridgehead atoms. The maximum atomic E-state index is 11.3. The van der Waals surface area contributed by atoms with Gasteiger partial charge in [-0.25, -0.2) is 4.79 Å². The van der Waals surface area contributed by atoms with Crippen LogP contribution in [0.25, 0.3) is 0 Å². The summed E-state index contributed by atoms with van der Waals surface area (Å²) in [6, 6.07) is -1.21. The van der Waals surface area contributed by atoms with E-state index in [0.717, 1.165) is 12.2 Å². The van der Waals surface area contributed by atoms with E-state index in [9.17, 15) is 9.59 Å². The van der Waals surface area contributed by atoms with E-state index in [1.807, 2.05) is 13.2 Å². The second-order valence-electron chi connectivity index (χ2n) is 3.24. The van der Waals surface area contributed by atoms with Gasteiger partial charge in [0.1, 0.15) is 6.04 Å². The van der Waals surface area contributed by atoms with E-state index in [1.165, 1.54) is 6.92 Å². The Hall–Kier alpha value is -0.910. The zero-order valence-electron chi connectivity index (χ0n) is 9.24. The first kappa shape index (κ1) is 14.1. The first-order valence-electron chi connectivity index (χ1n) is 4.80. The Morgan fingerprint density at radius 2 is 2.00 bits per heavy atom. The average Bonchev–Trinajstić information content (AvgIpc) is 2.16. The highest BCUT2D eigenvalue weighted by Crippen LogP contribution is 2.00. The number of hydrogen-bond donors (Lipinski definition) is 3. The Kier molecular flexibility index (Phi) is 6.94. The number of thioether (sulfide) groups is 1. The van der Waals surface area contributed by atoms with Crippen molar-refractivity contribution in [1.82, 2.24) is 10.6 Å². The molecule has 0 aliphatic heterocycles. The van der Waals surface area contributed by atoms with Gasteiger partial charge < -0.3 is 15.7 Å². The van der Waals surface area contributed by atoms with Gasteiger partial charge >= 0.3 is 12.0 Å². The molecule has 0 fully saturated rings. The Labute approximate surface area is 94.0 Å². The fourth-order valence-electron chi connectivity index (χ4n) is 0.948. The summed E-state index contributed by atoms with van der Waals surface area (Å²) in [4.78, 5) is 21.8. The number of aliphatic carboxylic acids is 1. The minimum Gasteiger partial charge on any atom is -0.480 e. The summed E-state index contributed by atoms with van der Waals surface area (Å²) in [5.74, 6) is -0.214.